The lowest BCUT2D eigenvalue weighted by Crippen LogP contribution is -2.27. The Morgan fingerprint density at radius 3 is 2.83 bits per heavy atom. The number of aryl methyl sites for hydroxylation is 3. The number of nitrogens with zero attached hydrogens (tertiary/aromatic N) is 2. The summed E-state index contributed by atoms with van der Waals surface area (Å²) < 4.78 is 30.8. The SMILES string of the molecule is Cc1cc(S(=O)(=O)NCCc2c(C)nc3n2CCCC3)ccc1Br. The van der Waals surface area contributed by atoms with Crippen LogP contribution in [0.25, 0.3) is 0 Å². The first-order valence-corrected chi connectivity index (χ1v) is 10.5. The molecular weight excluding hydrogens is 390 g/mol. The number of hydrogen-bond donors (Lipinski definition) is 1. The Morgan fingerprint density at radius 1 is 1.29 bits per heavy atom. The second-order valence-electron chi connectivity index (χ2n) is 6.23. The molecule has 5 nitrogen and oxygen atoms in total. The maximum atomic E-state index is 12.4. The van der Waals surface area contributed by atoms with Crippen molar-refractivity contribution in [2.45, 2.75) is 51.0 Å². The van der Waals surface area contributed by atoms with Gasteiger partial charge in [0.2, 0.25) is 10.0 Å². The van der Waals surface area contributed by atoms with Gasteiger partial charge in [-0.3, -0.25) is 0 Å². The average Bonchev–Trinajstić information content (AvgIpc) is 2.86. The topological polar surface area (TPSA) is 64.0 Å². The molecule has 0 unspecified atom stereocenters. The summed E-state index contributed by atoms with van der Waals surface area (Å²) in [5.41, 5.74) is 3.07. The van der Waals surface area contributed by atoms with Gasteiger partial charge in [-0.2, -0.15) is 0 Å². The highest BCUT2D eigenvalue weighted by molar-refractivity contribution is 9.10. The molecule has 24 heavy (non-hydrogen) atoms. The largest absolute Gasteiger partial charge is 0.332 e. The van der Waals surface area contributed by atoms with Crippen LogP contribution in [0, 0.1) is 13.8 Å². The third-order valence-corrected chi connectivity index (χ3v) is 6.83. The lowest BCUT2D eigenvalue weighted by atomic mass is 10.1. The van der Waals surface area contributed by atoms with E-state index in [1.54, 1.807) is 18.2 Å². The van der Waals surface area contributed by atoms with Crippen molar-refractivity contribution in [3.05, 3.63) is 45.4 Å². The fourth-order valence-electron chi connectivity index (χ4n) is 3.16. The summed E-state index contributed by atoms with van der Waals surface area (Å²) >= 11 is 3.39. The van der Waals surface area contributed by atoms with Gasteiger partial charge < -0.3 is 4.57 Å². The van der Waals surface area contributed by atoms with Gasteiger partial charge in [0, 0.05) is 36.1 Å². The summed E-state index contributed by atoms with van der Waals surface area (Å²) in [7, 11) is -3.49. The molecule has 0 spiro atoms. The van der Waals surface area contributed by atoms with Crippen molar-refractivity contribution in [3.63, 3.8) is 0 Å². The maximum Gasteiger partial charge on any atom is 0.240 e. The van der Waals surface area contributed by atoms with Crippen LogP contribution >= 0.6 is 15.9 Å². The van der Waals surface area contributed by atoms with Gasteiger partial charge in [0.25, 0.3) is 0 Å². The molecule has 1 aromatic heterocycles. The number of rotatable bonds is 5. The van der Waals surface area contributed by atoms with E-state index in [0.717, 1.165) is 40.2 Å². The molecule has 2 aromatic rings. The van der Waals surface area contributed by atoms with Gasteiger partial charge in [-0.25, -0.2) is 18.1 Å². The monoisotopic (exact) mass is 411 g/mol. The van der Waals surface area contributed by atoms with Gasteiger partial charge in [0.1, 0.15) is 5.82 Å². The fourth-order valence-corrected chi connectivity index (χ4v) is 4.53. The van der Waals surface area contributed by atoms with Crippen LogP contribution in [-0.2, 0) is 29.4 Å². The number of hydrogen-bond acceptors (Lipinski definition) is 3. The van der Waals surface area contributed by atoms with E-state index in [1.807, 2.05) is 13.8 Å². The van der Waals surface area contributed by atoms with Crippen molar-refractivity contribution in [2.24, 2.45) is 0 Å². The lowest BCUT2D eigenvalue weighted by Gasteiger charge is -2.16. The van der Waals surface area contributed by atoms with Crippen molar-refractivity contribution in [1.29, 1.82) is 0 Å². The maximum absolute atomic E-state index is 12.4. The smallest absolute Gasteiger partial charge is 0.240 e. The van der Waals surface area contributed by atoms with E-state index in [0.29, 0.717) is 17.9 Å². The van der Waals surface area contributed by atoms with Crippen molar-refractivity contribution in [1.82, 2.24) is 14.3 Å². The number of sulfonamides is 1. The minimum atomic E-state index is -3.49. The number of imidazole rings is 1. The first-order valence-electron chi connectivity index (χ1n) is 8.19. The quantitative estimate of drug-likeness (QED) is 0.821. The third-order valence-electron chi connectivity index (χ3n) is 4.48. The van der Waals surface area contributed by atoms with Crippen molar-refractivity contribution in [2.75, 3.05) is 6.54 Å². The second-order valence-corrected chi connectivity index (χ2v) is 8.85. The van der Waals surface area contributed by atoms with Crippen LogP contribution in [-0.4, -0.2) is 24.5 Å². The Kier molecular flexibility index (Phi) is 5.13. The number of halogens is 1. The molecule has 1 aromatic carbocycles. The average molecular weight is 412 g/mol. The van der Waals surface area contributed by atoms with E-state index in [2.05, 4.69) is 30.2 Å². The second kappa shape index (κ2) is 6.98. The fraction of sp³-hybridized carbons (Fsp3) is 0.471. The van der Waals surface area contributed by atoms with Crippen LogP contribution in [0.4, 0.5) is 0 Å². The summed E-state index contributed by atoms with van der Waals surface area (Å²) in [4.78, 5) is 4.93. The Bertz CT molecular complexity index is 859. The zero-order valence-electron chi connectivity index (χ0n) is 14.0. The van der Waals surface area contributed by atoms with Crippen LogP contribution in [0.3, 0.4) is 0 Å². The zero-order chi connectivity index (χ0) is 17.3. The normalized spacial score (nSPS) is 14.6. The number of benzene rings is 1. The van der Waals surface area contributed by atoms with Gasteiger partial charge in [-0.1, -0.05) is 15.9 Å². The van der Waals surface area contributed by atoms with Crippen LogP contribution in [0.2, 0.25) is 0 Å². The third kappa shape index (κ3) is 3.58. The molecule has 0 saturated carbocycles. The molecule has 2 heterocycles. The van der Waals surface area contributed by atoms with Crippen LogP contribution in [0.1, 0.15) is 35.6 Å². The van der Waals surface area contributed by atoms with E-state index in [1.165, 1.54) is 12.8 Å². The van der Waals surface area contributed by atoms with Crippen molar-refractivity contribution in [3.8, 4) is 0 Å². The molecule has 1 aliphatic rings. The standard InChI is InChI=1S/C17H22BrN3O2S/c1-12-11-14(6-7-15(12)18)24(22,23)19-9-8-16-13(2)20-17-5-3-4-10-21(16)17/h6-7,11,19H,3-5,8-10H2,1-2H3. The van der Waals surface area contributed by atoms with E-state index in [-0.39, 0.29) is 0 Å². The van der Waals surface area contributed by atoms with Crippen LogP contribution in [0.15, 0.2) is 27.6 Å². The molecule has 0 aliphatic carbocycles. The highest BCUT2D eigenvalue weighted by Crippen LogP contribution is 2.21. The number of aromatic nitrogens is 2. The summed E-state index contributed by atoms with van der Waals surface area (Å²) in [6.07, 6.45) is 4.03. The summed E-state index contributed by atoms with van der Waals surface area (Å²) in [6, 6.07) is 5.06. The van der Waals surface area contributed by atoms with Gasteiger partial charge in [0.15, 0.2) is 0 Å². The lowest BCUT2D eigenvalue weighted by molar-refractivity contribution is 0.506. The number of nitrogens with one attached hydrogen (secondary N) is 1. The Balaban J connectivity index is 1.70. The molecule has 1 aliphatic heterocycles. The Hall–Kier alpha value is -1.18. The molecule has 0 saturated heterocycles. The summed E-state index contributed by atoms with van der Waals surface area (Å²) in [5, 5.41) is 0. The minimum absolute atomic E-state index is 0.301. The molecule has 0 fully saturated rings. The summed E-state index contributed by atoms with van der Waals surface area (Å²) in [5.74, 6) is 1.14. The zero-order valence-corrected chi connectivity index (χ0v) is 16.4. The van der Waals surface area contributed by atoms with Gasteiger partial charge in [0.05, 0.1) is 10.6 Å². The molecule has 0 atom stereocenters. The van der Waals surface area contributed by atoms with Gasteiger partial charge in [-0.05, 0) is 50.5 Å². The Labute approximate surface area is 151 Å². The Morgan fingerprint density at radius 2 is 2.08 bits per heavy atom. The van der Waals surface area contributed by atoms with E-state index in [9.17, 15) is 8.42 Å². The molecule has 0 radical (unpaired) electrons. The van der Waals surface area contributed by atoms with Gasteiger partial charge >= 0.3 is 0 Å². The highest BCUT2D eigenvalue weighted by atomic mass is 79.9. The number of fused-ring (bicyclic) bond motifs is 1. The van der Waals surface area contributed by atoms with Crippen molar-refractivity contribution < 1.29 is 8.42 Å². The first-order chi connectivity index (χ1) is 11.4. The molecule has 7 heteroatoms. The summed E-state index contributed by atoms with van der Waals surface area (Å²) in [6.45, 7) is 5.26. The van der Waals surface area contributed by atoms with Crippen molar-refractivity contribution >= 4 is 26.0 Å². The molecule has 0 bridgehead atoms. The van der Waals surface area contributed by atoms with Crippen LogP contribution in [0.5, 0.6) is 0 Å². The highest BCUT2D eigenvalue weighted by Gasteiger charge is 2.19. The van der Waals surface area contributed by atoms with E-state index < -0.39 is 10.0 Å². The predicted molar refractivity (Wildman–Crippen MR) is 97.7 cm³/mol. The van der Waals surface area contributed by atoms with E-state index in [4.69, 9.17) is 0 Å². The van der Waals surface area contributed by atoms with Crippen LogP contribution < -0.4 is 4.72 Å². The van der Waals surface area contributed by atoms with E-state index >= 15 is 0 Å². The minimum Gasteiger partial charge on any atom is -0.332 e. The predicted octanol–water partition coefficient (Wildman–Crippen LogP) is 3.12. The molecular formula is C17H22BrN3O2S. The molecule has 130 valence electrons. The van der Waals surface area contributed by atoms with Gasteiger partial charge in [-0.15, -0.1) is 0 Å². The molecule has 3 rings (SSSR count). The molecule has 1 N–H and O–H groups in total. The first kappa shape index (κ1) is 17.6. The molecule has 0 amide bonds.